The van der Waals surface area contributed by atoms with Gasteiger partial charge in [-0.3, -0.25) is 9.69 Å². The molecule has 34 heavy (non-hydrogen) atoms. The predicted octanol–water partition coefficient (Wildman–Crippen LogP) is 3.37. The zero-order chi connectivity index (χ0) is 23.5. The molecule has 0 unspecified atom stereocenters. The van der Waals surface area contributed by atoms with E-state index in [1.54, 1.807) is 12.0 Å². The van der Waals surface area contributed by atoms with Gasteiger partial charge in [-0.25, -0.2) is 0 Å². The molecule has 1 saturated heterocycles. The largest absolute Gasteiger partial charge is 0.493 e. The van der Waals surface area contributed by atoms with Crippen molar-refractivity contribution in [2.45, 2.75) is 37.3 Å². The number of hydrogen-bond acceptors (Lipinski definition) is 6. The number of rotatable bonds is 10. The third kappa shape index (κ3) is 4.91. The Morgan fingerprint density at radius 2 is 1.88 bits per heavy atom. The van der Waals surface area contributed by atoms with Crippen LogP contribution in [0.3, 0.4) is 0 Å². The number of aliphatic hydroxyl groups excluding tert-OH is 1. The third-order valence-corrected chi connectivity index (χ3v) is 6.81. The molecule has 2 atom stereocenters. The number of carbonyl (C=O) groups is 1. The van der Waals surface area contributed by atoms with Gasteiger partial charge in [-0.15, -0.1) is 0 Å². The van der Waals surface area contributed by atoms with Gasteiger partial charge in [0.25, 0.3) is 5.91 Å². The van der Waals surface area contributed by atoms with Gasteiger partial charge < -0.3 is 24.2 Å². The van der Waals surface area contributed by atoms with E-state index < -0.39 is 6.10 Å². The van der Waals surface area contributed by atoms with E-state index in [1.807, 2.05) is 36.4 Å². The second kappa shape index (κ2) is 10.1. The summed E-state index contributed by atoms with van der Waals surface area (Å²) in [5.74, 6) is 2.62. The Balaban J connectivity index is 1.18. The summed E-state index contributed by atoms with van der Waals surface area (Å²) in [6.45, 7) is 2.70. The van der Waals surface area contributed by atoms with Gasteiger partial charge in [0, 0.05) is 37.8 Å². The summed E-state index contributed by atoms with van der Waals surface area (Å²) in [6, 6.07) is 13.8. The minimum absolute atomic E-state index is 0.0430. The van der Waals surface area contributed by atoms with Gasteiger partial charge >= 0.3 is 0 Å². The van der Waals surface area contributed by atoms with Gasteiger partial charge in [0.2, 0.25) is 0 Å². The SMILES string of the molecule is COc1cc(N2CC[C@H](Oc3ccc(C4CC4)cc3)C2=O)ccc1OCCN1CC=C[C@@H]1CO. The average molecular weight is 465 g/mol. The third-order valence-electron chi connectivity index (χ3n) is 6.81. The molecule has 2 aromatic carbocycles. The summed E-state index contributed by atoms with van der Waals surface area (Å²) >= 11 is 0. The predicted molar refractivity (Wildman–Crippen MR) is 130 cm³/mol. The number of methoxy groups -OCH3 is 1. The van der Waals surface area contributed by atoms with E-state index >= 15 is 0 Å². The lowest BCUT2D eigenvalue weighted by Crippen LogP contribution is -2.35. The van der Waals surface area contributed by atoms with Gasteiger partial charge in [-0.05, 0) is 48.6 Å². The second-order valence-corrected chi connectivity index (χ2v) is 9.08. The van der Waals surface area contributed by atoms with Crippen LogP contribution in [0.5, 0.6) is 17.2 Å². The molecule has 1 aliphatic carbocycles. The van der Waals surface area contributed by atoms with Crippen LogP contribution in [0.25, 0.3) is 0 Å². The van der Waals surface area contributed by atoms with E-state index in [0.29, 0.717) is 43.5 Å². The number of nitrogens with zero attached hydrogens (tertiary/aromatic N) is 2. The van der Waals surface area contributed by atoms with Gasteiger partial charge in [0.15, 0.2) is 17.6 Å². The molecule has 0 aromatic heterocycles. The van der Waals surface area contributed by atoms with E-state index in [1.165, 1.54) is 18.4 Å². The summed E-state index contributed by atoms with van der Waals surface area (Å²) in [6.07, 6.45) is 6.77. The molecule has 1 saturated carbocycles. The molecular weight excluding hydrogens is 432 g/mol. The minimum Gasteiger partial charge on any atom is -0.493 e. The summed E-state index contributed by atoms with van der Waals surface area (Å²) in [7, 11) is 1.60. The molecule has 0 radical (unpaired) electrons. The molecule has 2 aromatic rings. The van der Waals surface area contributed by atoms with Crippen LogP contribution in [-0.2, 0) is 4.79 Å². The van der Waals surface area contributed by atoms with Gasteiger partial charge in [-0.2, -0.15) is 0 Å². The summed E-state index contributed by atoms with van der Waals surface area (Å²) in [5, 5.41) is 9.43. The quantitative estimate of drug-likeness (QED) is 0.544. The van der Waals surface area contributed by atoms with Crippen LogP contribution >= 0.6 is 0 Å². The zero-order valence-electron chi connectivity index (χ0n) is 19.6. The number of ether oxygens (including phenoxy) is 3. The van der Waals surface area contributed by atoms with E-state index in [-0.39, 0.29) is 18.6 Å². The standard InChI is InChI=1S/C27H32N2O5/c1-32-26-17-21(8-11-24(26)33-16-15-28-13-2-3-22(28)18-30)29-14-12-25(27(29)31)34-23-9-6-20(7-10-23)19-4-5-19/h2-3,6-11,17,19,22,25,30H,4-5,12-16,18H2,1H3/t22-,25+/m1/s1. The fraction of sp³-hybridized carbons (Fsp3) is 0.444. The van der Waals surface area contributed by atoms with Crippen molar-refractivity contribution in [3.8, 4) is 17.2 Å². The Bertz CT molecular complexity index is 1030. The number of benzene rings is 2. The van der Waals surface area contributed by atoms with Gasteiger partial charge in [0.05, 0.1) is 19.8 Å². The van der Waals surface area contributed by atoms with E-state index in [4.69, 9.17) is 14.2 Å². The van der Waals surface area contributed by atoms with Gasteiger partial charge in [-0.1, -0.05) is 24.3 Å². The maximum absolute atomic E-state index is 13.1. The summed E-state index contributed by atoms with van der Waals surface area (Å²) < 4.78 is 17.5. The lowest BCUT2D eigenvalue weighted by molar-refractivity contribution is -0.122. The van der Waals surface area contributed by atoms with Crippen LogP contribution in [0.1, 0.15) is 30.7 Å². The van der Waals surface area contributed by atoms with Crippen LogP contribution in [-0.4, -0.2) is 68.0 Å². The molecular formula is C27H32N2O5. The van der Waals surface area contributed by atoms with E-state index in [0.717, 1.165) is 18.0 Å². The van der Waals surface area contributed by atoms with Gasteiger partial charge in [0.1, 0.15) is 12.4 Å². The van der Waals surface area contributed by atoms with Crippen molar-refractivity contribution in [2.75, 3.05) is 44.9 Å². The van der Waals surface area contributed by atoms with E-state index in [2.05, 4.69) is 23.1 Å². The lowest BCUT2D eigenvalue weighted by atomic mass is 10.1. The maximum Gasteiger partial charge on any atom is 0.268 e. The number of anilines is 1. The van der Waals surface area contributed by atoms with Crippen molar-refractivity contribution in [1.29, 1.82) is 0 Å². The monoisotopic (exact) mass is 464 g/mol. The highest BCUT2D eigenvalue weighted by atomic mass is 16.5. The number of aliphatic hydroxyl groups is 1. The van der Waals surface area contributed by atoms with Crippen molar-refractivity contribution >= 4 is 11.6 Å². The molecule has 0 bridgehead atoms. The van der Waals surface area contributed by atoms with Crippen molar-refractivity contribution in [1.82, 2.24) is 4.90 Å². The Morgan fingerprint density at radius 1 is 1.06 bits per heavy atom. The zero-order valence-corrected chi connectivity index (χ0v) is 19.6. The highest BCUT2D eigenvalue weighted by Gasteiger charge is 2.35. The molecule has 2 fully saturated rings. The number of carbonyl (C=O) groups excluding carboxylic acids is 1. The molecule has 7 nitrogen and oxygen atoms in total. The average Bonchev–Trinajstić information content (AvgIpc) is 3.52. The molecule has 0 spiro atoms. The van der Waals surface area contributed by atoms with Crippen LogP contribution in [0.2, 0.25) is 0 Å². The van der Waals surface area contributed by atoms with Crippen LogP contribution in [0.15, 0.2) is 54.6 Å². The van der Waals surface area contributed by atoms with Crippen LogP contribution in [0.4, 0.5) is 5.69 Å². The Hall–Kier alpha value is -3.03. The normalized spacial score (nSPS) is 22.4. The first-order chi connectivity index (χ1) is 16.7. The molecule has 7 heteroatoms. The molecule has 1 amide bonds. The van der Waals surface area contributed by atoms with Crippen LogP contribution < -0.4 is 19.1 Å². The molecule has 2 aliphatic heterocycles. The molecule has 3 aliphatic rings. The molecule has 1 N–H and O–H groups in total. The van der Waals surface area contributed by atoms with E-state index in [9.17, 15) is 9.90 Å². The molecule has 5 rings (SSSR count). The van der Waals surface area contributed by atoms with Crippen molar-refractivity contribution in [3.63, 3.8) is 0 Å². The van der Waals surface area contributed by atoms with Crippen molar-refractivity contribution in [3.05, 3.63) is 60.2 Å². The lowest BCUT2D eigenvalue weighted by Gasteiger charge is -2.23. The Morgan fingerprint density at radius 3 is 2.62 bits per heavy atom. The fourth-order valence-electron chi connectivity index (χ4n) is 4.68. The smallest absolute Gasteiger partial charge is 0.268 e. The highest BCUT2D eigenvalue weighted by Crippen LogP contribution is 2.40. The molecule has 2 heterocycles. The summed E-state index contributed by atoms with van der Waals surface area (Å²) in [5.41, 5.74) is 2.12. The minimum atomic E-state index is -0.484. The Kier molecular flexibility index (Phi) is 6.74. The number of amides is 1. The topological polar surface area (TPSA) is 71.5 Å². The molecule has 180 valence electrons. The first-order valence-corrected chi connectivity index (χ1v) is 12.1. The second-order valence-electron chi connectivity index (χ2n) is 9.08. The first-order valence-electron chi connectivity index (χ1n) is 12.1. The van der Waals surface area contributed by atoms with Crippen molar-refractivity contribution in [2.24, 2.45) is 0 Å². The van der Waals surface area contributed by atoms with Crippen LogP contribution in [0, 0.1) is 0 Å². The highest BCUT2D eigenvalue weighted by molar-refractivity contribution is 5.99. The van der Waals surface area contributed by atoms with Crippen molar-refractivity contribution < 1.29 is 24.1 Å². The fourth-order valence-corrected chi connectivity index (χ4v) is 4.68. The maximum atomic E-state index is 13.1. The Labute approximate surface area is 200 Å². The number of hydrogen-bond donors (Lipinski definition) is 1. The summed E-state index contributed by atoms with van der Waals surface area (Å²) in [4.78, 5) is 17.0. The first kappa shape index (κ1) is 22.7.